The van der Waals surface area contributed by atoms with Crippen LogP contribution in [0, 0.1) is 11.3 Å². The molecule has 0 bridgehead atoms. The number of aliphatic hydroxyl groups excluding tert-OH is 1. The van der Waals surface area contributed by atoms with Crippen molar-refractivity contribution in [3.8, 4) is 11.8 Å². The van der Waals surface area contributed by atoms with E-state index in [9.17, 15) is 23.1 Å². The van der Waals surface area contributed by atoms with E-state index in [-0.39, 0.29) is 0 Å². The third-order valence-corrected chi connectivity index (χ3v) is 1.92. The highest BCUT2D eigenvalue weighted by Crippen LogP contribution is 2.32. The molecule has 0 aliphatic carbocycles. The van der Waals surface area contributed by atoms with Gasteiger partial charge >= 0.3 is 12.3 Å². The normalized spacial score (nSPS) is 12.6. The first-order valence-electron chi connectivity index (χ1n) is 4.46. The van der Waals surface area contributed by atoms with Crippen molar-refractivity contribution in [2.75, 3.05) is 0 Å². The zero-order valence-electron chi connectivity index (χ0n) is 8.60. The number of nitrogens with zero attached hydrogens (tertiary/aromatic N) is 1. The first kappa shape index (κ1) is 13.8. The van der Waals surface area contributed by atoms with Crippen LogP contribution in [0.15, 0.2) is 18.2 Å². The molecule has 0 radical (unpaired) electrons. The smallest absolute Gasteiger partial charge is 0.479 e. The maximum Gasteiger partial charge on any atom is 0.573 e. The Morgan fingerprint density at radius 3 is 2.50 bits per heavy atom. The molecule has 1 aromatic rings. The predicted octanol–water partition coefficient (Wildman–Crippen LogP) is 1.57. The number of alkyl halides is 3. The standard InChI is InChI=1S/C10H6F3NO4/c11-10(12,13)18-6-3-1-2-5(4-14)7(6)8(15)9(16)17/h1-3,8,15H,(H,16,17). The van der Waals surface area contributed by atoms with E-state index < -0.39 is 35.3 Å². The molecule has 1 rings (SSSR count). The van der Waals surface area contributed by atoms with Crippen LogP contribution in [0.3, 0.4) is 0 Å². The Morgan fingerprint density at radius 1 is 1.44 bits per heavy atom. The van der Waals surface area contributed by atoms with Gasteiger partial charge in [-0.05, 0) is 12.1 Å². The summed E-state index contributed by atoms with van der Waals surface area (Å²) in [5, 5.41) is 26.6. The number of ether oxygens (including phenoxy) is 1. The molecule has 0 aromatic heterocycles. The van der Waals surface area contributed by atoms with Gasteiger partial charge in [-0.2, -0.15) is 5.26 Å². The van der Waals surface area contributed by atoms with Crippen LogP contribution in [0.2, 0.25) is 0 Å². The minimum atomic E-state index is -5.05. The van der Waals surface area contributed by atoms with Gasteiger partial charge in [-0.25, -0.2) is 4.79 Å². The van der Waals surface area contributed by atoms with Crippen molar-refractivity contribution < 1.29 is 32.9 Å². The van der Waals surface area contributed by atoms with Crippen LogP contribution in [0.4, 0.5) is 13.2 Å². The van der Waals surface area contributed by atoms with Crippen LogP contribution in [-0.2, 0) is 4.79 Å². The molecule has 1 atom stereocenters. The SMILES string of the molecule is N#Cc1cccc(OC(F)(F)F)c1C(O)C(=O)O. The van der Waals surface area contributed by atoms with Crippen molar-refractivity contribution in [2.45, 2.75) is 12.5 Å². The van der Waals surface area contributed by atoms with Gasteiger partial charge in [0, 0.05) is 0 Å². The average Bonchev–Trinajstić information content (AvgIpc) is 2.25. The molecule has 8 heteroatoms. The number of aliphatic carboxylic acids is 1. The minimum Gasteiger partial charge on any atom is -0.479 e. The van der Waals surface area contributed by atoms with E-state index in [1.54, 1.807) is 0 Å². The van der Waals surface area contributed by atoms with Crippen LogP contribution in [0.1, 0.15) is 17.2 Å². The lowest BCUT2D eigenvalue weighted by atomic mass is 10.0. The third kappa shape index (κ3) is 3.11. The van der Waals surface area contributed by atoms with Crippen LogP contribution < -0.4 is 4.74 Å². The molecule has 5 nitrogen and oxygen atoms in total. The third-order valence-electron chi connectivity index (χ3n) is 1.92. The van der Waals surface area contributed by atoms with Gasteiger partial charge in [-0.1, -0.05) is 6.07 Å². The number of nitriles is 1. The Bertz CT molecular complexity index is 507. The molecular weight excluding hydrogens is 255 g/mol. The highest BCUT2D eigenvalue weighted by molar-refractivity contribution is 5.76. The Morgan fingerprint density at radius 2 is 2.06 bits per heavy atom. The lowest BCUT2D eigenvalue weighted by molar-refractivity contribution is -0.275. The second kappa shape index (κ2) is 4.93. The number of carboxylic acids is 1. The Labute approximate surface area is 98.6 Å². The average molecular weight is 261 g/mol. The number of hydrogen-bond acceptors (Lipinski definition) is 4. The van der Waals surface area contributed by atoms with Crippen molar-refractivity contribution >= 4 is 5.97 Å². The predicted molar refractivity (Wildman–Crippen MR) is 50.4 cm³/mol. The van der Waals surface area contributed by atoms with Gasteiger partial charge in [-0.15, -0.1) is 13.2 Å². The topological polar surface area (TPSA) is 90.5 Å². The summed E-state index contributed by atoms with van der Waals surface area (Å²) in [7, 11) is 0. The molecule has 18 heavy (non-hydrogen) atoms. The van der Waals surface area contributed by atoms with Crippen molar-refractivity contribution in [3.05, 3.63) is 29.3 Å². The van der Waals surface area contributed by atoms with Gasteiger partial charge in [-0.3, -0.25) is 0 Å². The Kier molecular flexibility index (Phi) is 3.78. The molecule has 0 aliphatic heterocycles. The number of aliphatic hydroxyl groups is 1. The molecule has 0 spiro atoms. The highest BCUT2D eigenvalue weighted by atomic mass is 19.4. The van der Waals surface area contributed by atoms with E-state index in [0.29, 0.717) is 0 Å². The zero-order valence-corrected chi connectivity index (χ0v) is 8.60. The summed E-state index contributed by atoms with van der Waals surface area (Å²) in [6.45, 7) is 0. The molecule has 1 unspecified atom stereocenters. The number of hydrogen-bond donors (Lipinski definition) is 2. The number of carboxylic acid groups (broad SMARTS) is 1. The molecule has 0 fully saturated rings. The molecular formula is C10H6F3NO4. The summed E-state index contributed by atoms with van der Waals surface area (Å²) in [4.78, 5) is 10.6. The van der Waals surface area contributed by atoms with Gasteiger partial charge in [0.15, 0.2) is 6.10 Å². The second-order valence-electron chi connectivity index (χ2n) is 3.12. The van der Waals surface area contributed by atoms with Crippen LogP contribution in [-0.4, -0.2) is 22.5 Å². The fourth-order valence-electron chi connectivity index (χ4n) is 1.26. The van der Waals surface area contributed by atoms with Crippen molar-refractivity contribution in [1.29, 1.82) is 5.26 Å². The fraction of sp³-hybridized carbons (Fsp3) is 0.200. The van der Waals surface area contributed by atoms with E-state index in [1.807, 2.05) is 0 Å². The first-order valence-corrected chi connectivity index (χ1v) is 4.46. The monoisotopic (exact) mass is 261 g/mol. The van der Waals surface area contributed by atoms with E-state index in [1.165, 1.54) is 6.07 Å². The Hall–Kier alpha value is -2.27. The highest BCUT2D eigenvalue weighted by Gasteiger charge is 2.34. The number of carbonyl (C=O) groups is 1. The summed E-state index contributed by atoms with van der Waals surface area (Å²) in [5.41, 5.74) is -1.14. The maximum absolute atomic E-state index is 12.1. The first-order chi connectivity index (χ1) is 8.26. The largest absolute Gasteiger partial charge is 0.573 e. The molecule has 0 heterocycles. The van der Waals surface area contributed by atoms with E-state index >= 15 is 0 Å². The molecule has 0 saturated heterocycles. The van der Waals surface area contributed by atoms with Gasteiger partial charge in [0.1, 0.15) is 5.75 Å². The van der Waals surface area contributed by atoms with E-state index in [0.717, 1.165) is 18.2 Å². The van der Waals surface area contributed by atoms with Gasteiger partial charge in [0.2, 0.25) is 0 Å². The summed E-state index contributed by atoms with van der Waals surface area (Å²) in [5.74, 6) is -2.71. The maximum atomic E-state index is 12.1. The lowest BCUT2D eigenvalue weighted by Gasteiger charge is -2.15. The summed E-state index contributed by atoms with van der Waals surface area (Å²) < 4.78 is 39.8. The van der Waals surface area contributed by atoms with Gasteiger partial charge in [0.05, 0.1) is 17.2 Å². The Balaban J connectivity index is 3.35. The zero-order chi connectivity index (χ0) is 13.9. The summed E-state index contributed by atoms with van der Waals surface area (Å²) in [6, 6.07) is 4.46. The molecule has 2 N–H and O–H groups in total. The van der Waals surface area contributed by atoms with Crippen molar-refractivity contribution in [2.24, 2.45) is 0 Å². The quantitative estimate of drug-likeness (QED) is 0.861. The van der Waals surface area contributed by atoms with Crippen LogP contribution >= 0.6 is 0 Å². The summed E-state index contributed by atoms with van der Waals surface area (Å²) >= 11 is 0. The number of halogens is 3. The molecule has 1 aromatic carbocycles. The van der Waals surface area contributed by atoms with Gasteiger partial charge in [0.25, 0.3) is 0 Å². The van der Waals surface area contributed by atoms with E-state index in [4.69, 9.17) is 10.4 Å². The van der Waals surface area contributed by atoms with Crippen molar-refractivity contribution in [1.82, 2.24) is 0 Å². The van der Waals surface area contributed by atoms with E-state index in [2.05, 4.69) is 4.74 Å². The number of benzene rings is 1. The summed E-state index contributed by atoms with van der Waals surface area (Å²) in [6.07, 6.45) is -7.33. The van der Waals surface area contributed by atoms with Gasteiger partial charge < -0.3 is 14.9 Å². The molecule has 0 saturated carbocycles. The van der Waals surface area contributed by atoms with Crippen molar-refractivity contribution in [3.63, 3.8) is 0 Å². The molecule has 96 valence electrons. The number of rotatable bonds is 3. The minimum absolute atomic E-state index is 0.411. The van der Waals surface area contributed by atoms with Crippen LogP contribution in [0.5, 0.6) is 5.75 Å². The molecule has 0 aliphatic rings. The fourth-order valence-corrected chi connectivity index (χ4v) is 1.26. The lowest BCUT2D eigenvalue weighted by Crippen LogP contribution is -2.21. The molecule has 0 amide bonds. The second-order valence-corrected chi connectivity index (χ2v) is 3.12. The van der Waals surface area contributed by atoms with Crippen LogP contribution in [0.25, 0.3) is 0 Å².